The summed E-state index contributed by atoms with van der Waals surface area (Å²) in [6.45, 7) is 7.13. The number of aromatic nitrogens is 2. The lowest BCUT2D eigenvalue weighted by atomic mass is 10.1. The molecule has 1 saturated heterocycles. The van der Waals surface area contributed by atoms with E-state index in [-0.39, 0.29) is 6.10 Å². The Morgan fingerprint density at radius 2 is 2.08 bits per heavy atom. The monoisotopic (exact) mass is 333 g/mol. The molecule has 0 N–H and O–H groups in total. The second-order valence-corrected chi connectivity index (χ2v) is 6.93. The van der Waals surface area contributed by atoms with Crippen LogP contribution in [0.3, 0.4) is 0 Å². The van der Waals surface area contributed by atoms with Gasteiger partial charge in [0.1, 0.15) is 6.10 Å². The molecule has 128 valence electrons. The highest BCUT2D eigenvalue weighted by Gasteiger charge is 2.24. The predicted octanol–water partition coefficient (Wildman–Crippen LogP) is 3.90. The summed E-state index contributed by atoms with van der Waals surface area (Å²) in [7, 11) is 0. The minimum Gasteiger partial charge on any atom is -0.473 e. The van der Waals surface area contributed by atoms with Crippen molar-refractivity contribution in [2.45, 2.75) is 32.9 Å². The number of hydrogen-bond acceptors (Lipinski definition) is 4. The molecule has 4 nitrogen and oxygen atoms in total. The van der Waals surface area contributed by atoms with E-state index in [9.17, 15) is 0 Å². The normalized spacial score (nSPS) is 17.9. The Kier molecular flexibility index (Phi) is 4.36. The van der Waals surface area contributed by atoms with Crippen LogP contribution in [-0.2, 0) is 6.54 Å². The molecule has 1 atom stereocenters. The Morgan fingerprint density at radius 1 is 1.16 bits per heavy atom. The number of likely N-dealkylation sites (tertiary alicyclic amines) is 1. The van der Waals surface area contributed by atoms with Gasteiger partial charge >= 0.3 is 0 Å². The summed E-state index contributed by atoms with van der Waals surface area (Å²) >= 11 is 0. The van der Waals surface area contributed by atoms with Crippen molar-refractivity contribution in [3.8, 4) is 5.88 Å². The first-order valence-electron chi connectivity index (χ1n) is 8.83. The van der Waals surface area contributed by atoms with Crippen LogP contribution in [0.4, 0.5) is 0 Å². The molecule has 1 aliphatic rings. The number of fused-ring (bicyclic) bond motifs is 1. The Morgan fingerprint density at radius 3 is 2.92 bits per heavy atom. The second-order valence-electron chi connectivity index (χ2n) is 6.93. The Balaban J connectivity index is 1.41. The van der Waals surface area contributed by atoms with Crippen molar-refractivity contribution in [2.24, 2.45) is 0 Å². The lowest BCUT2D eigenvalue weighted by Gasteiger charge is -2.17. The largest absolute Gasteiger partial charge is 0.473 e. The Hall–Kier alpha value is -2.46. The van der Waals surface area contributed by atoms with Gasteiger partial charge < -0.3 is 4.74 Å². The number of aryl methyl sites for hydroxylation is 2. The minimum absolute atomic E-state index is 0.221. The van der Waals surface area contributed by atoms with Gasteiger partial charge in [0, 0.05) is 43.5 Å². The van der Waals surface area contributed by atoms with Crippen molar-refractivity contribution in [2.75, 3.05) is 13.1 Å². The fraction of sp³-hybridized carbons (Fsp3) is 0.333. The van der Waals surface area contributed by atoms with E-state index in [0.717, 1.165) is 43.0 Å². The zero-order valence-corrected chi connectivity index (χ0v) is 14.8. The van der Waals surface area contributed by atoms with E-state index in [2.05, 4.69) is 40.0 Å². The van der Waals surface area contributed by atoms with Crippen LogP contribution in [0.5, 0.6) is 5.88 Å². The van der Waals surface area contributed by atoms with Crippen LogP contribution in [0.1, 0.15) is 23.1 Å². The van der Waals surface area contributed by atoms with Gasteiger partial charge in [-0.05, 0) is 49.1 Å². The molecule has 0 spiro atoms. The molecule has 25 heavy (non-hydrogen) atoms. The quantitative estimate of drug-likeness (QED) is 0.726. The van der Waals surface area contributed by atoms with Gasteiger partial charge in [-0.25, -0.2) is 4.98 Å². The number of hydrogen-bond donors (Lipinski definition) is 0. The van der Waals surface area contributed by atoms with E-state index in [4.69, 9.17) is 4.74 Å². The van der Waals surface area contributed by atoms with Crippen LogP contribution in [0.25, 0.3) is 10.9 Å². The third kappa shape index (κ3) is 3.64. The van der Waals surface area contributed by atoms with Crippen LogP contribution < -0.4 is 4.74 Å². The van der Waals surface area contributed by atoms with Crippen LogP contribution >= 0.6 is 0 Å². The van der Waals surface area contributed by atoms with Gasteiger partial charge in [0.05, 0.1) is 5.52 Å². The molecule has 0 saturated carbocycles. The average molecular weight is 333 g/mol. The number of pyridine rings is 2. The van der Waals surface area contributed by atoms with Crippen molar-refractivity contribution in [1.29, 1.82) is 0 Å². The summed E-state index contributed by atoms with van der Waals surface area (Å²) in [5, 5.41) is 1.22. The van der Waals surface area contributed by atoms with Crippen molar-refractivity contribution < 1.29 is 4.74 Å². The molecule has 1 unspecified atom stereocenters. The fourth-order valence-electron chi connectivity index (χ4n) is 3.53. The Labute approximate surface area is 148 Å². The van der Waals surface area contributed by atoms with Crippen molar-refractivity contribution in [3.05, 3.63) is 65.5 Å². The van der Waals surface area contributed by atoms with Crippen LogP contribution in [0, 0.1) is 13.8 Å². The standard InChI is InChI=1S/C21H23N3O/c1-15-5-6-20(23-12-15)25-19-7-9-24(14-19)13-17-10-16(2)21-18(11-17)4-3-8-22-21/h3-6,8,10-12,19H,7,9,13-14H2,1-2H3. The van der Waals surface area contributed by atoms with E-state index < -0.39 is 0 Å². The lowest BCUT2D eigenvalue weighted by Crippen LogP contribution is -2.24. The fourth-order valence-corrected chi connectivity index (χ4v) is 3.53. The maximum atomic E-state index is 6.03. The molecule has 3 aromatic rings. The summed E-state index contributed by atoms with van der Waals surface area (Å²) in [5.41, 5.74) is 4.83. The number of benzene rings is 1. The summed E-state index contributed by atoms with van der Waals surface area (Å²) < 4.78 is 6.03. The van der Waals surface area contributed by atoms with Gasteiger partial charge in [-0.15, -0.1) is 0 Å². The number of ether oxygens (including phenoxy) is 1. The molecule has 0 radical (unpaired) electrons. The maximum absolute atomic E-state index is 6.03. The Bertz CT molecular complexity index is 876. The lowest BCUT2D eigenvalue weighted by molar-refractivity contribution is 0.191. The molecule has 0 bridgehead atoms. The van der Waals surface area contributed by atoms with Crippen LogP contribution in [0.15, 0.2) is 48.8 Å². The molecule has 4 heteroatoms. The van der Waals surface area contributed by atoms with E-state index >= 15 is 0 Å². The predicted molar refractivity (Wildman–Crippen MR) is 99.8 cm³/mol. The molecule has 1 aliphatic heterocycles. The smallest absolute Gasteiger partial charge is 0.213 e. The third-order valence-corrected chi connectivity index (χ3v) is 4.76. The van der Waals surface area contributed by atoms with Crippen LogP contribution in [-0.4, -0.2) is 34.1 Å². The number of rotatable bonds is 4. The first kappa shape index (κ1) is 16.0. The van der Waals surface area contributed by atoms with Gasteiger partial charge in [0.2, 0.25) is 5.88 Å². The van der Waals surface area contributed by atoms with Gasteiger partial charge in [-0.2, -0.15) is 0 Å². The summed E-state index contributed by atoms with van der Waals surface area (Å²) in [6, 6.07) is 12.6. The molecule has 0 amide bonds. The topological polar surface area (TPSA) is 38.2 Å². The molecule has 1 fully saturated rings. The SMILES string of the molecule is Cc1ccc(OC2CCN(Cc3cc(C)c4ncccc4c3)C2)nc1. The van der Waals surface area contributed by atoms with Crippen molar-refractivity contribution in [3.63, 3.8) is 0 Å². The van der Waals surface area contributed by atoms with Crippen molar-refractivity contribution >= 4 is 10.9 Å². The molecule has 4 rings (SSSR count). The maximum Gasteiger partial charge on any atom is 0.213 e. The molecular weight excluding hydrogens is 310 g/mol. The van der Waals surface area contributed by atoms with Crippen molar-refractivity contribution in [1.82, 2.24) is 14.9 Å². The van der Waals surface area contributed by atoms with E-state index in [1.165, 1.54) is 16.5 Å². The summed E-state index contributed by atoms with van der Waals surface area (Å²) in [6.07, 6.45) is 4.98. The first-order chi connectivity index (χ1) is 12.2. The average Bonchev–Trinajstić information content (AvgIpc) is 3.04. The number of nitrogens with zero attached hydrogens (tertiary/aromatic N) is 3. The van der Waals surface area contributed by atoms with Gasteiger partial charge in [0.15, 0.2) is 0 Å². The van der Waals surface area contributed by atoms with E-state index in [1.807, 2.05) is 37.5 Å². The van der Waals surface area contributed by atoms with Crippen LogP contribution in [0.2, 0.25) is 0 Å². The molecule has 1 aromatic carbocycles. The first-order valence-corrected chi connectivity index (χ1v) is 8.83. The molecule has 2 aromatic heterocycles. The van der Waals surface area contributed by atoms with Gasteiger partial charge in [-0.3, -0.25) is 9.88 Å². The highest BCUT2D eigenvalue weighted by Crippen LogP contribution is 2.22. The van der Waals surface area contributed by atoms with Gasteiger partial charge in [0.25, 0.3) is 0 Å². The van der Waals surface area contributed by atoms with Gasteiger partial charge in [-0.1, -0.05) is 18.2 Å². The van der Waals surface area contributed by atoms with E-state index in [1.54, 1.807) is 0 Å². The highest BCUT2D eigenvalue weighted by molar-refractivity contribution is 5.82. The summed E-state index contributed by atoms with van der Waals surface area (Å²) in [4.78, 5) is 11.3. The zero-order chi connectivity index (χ0) is 17.2. The molecule has 3 heterocycles. The molecular formula is C21H23N3O. The minimum atomic E-state index is 0.221. The summed E-state index contributed by atoms with van der Waals surface area (Å²) in [5.74, 6) is 0.727. The second kappa shape index (κ2) is 6.81. The van der Waals surface area contributed by atoms with E-state index in [0.29, 0.717) is 0 Å². The third-order valence-electron chi connectivity index (χ3n) is 4.76. The highest BCUT2D eigenvalue weighted by atomic mass is 16.5. The molecule has 0 aliphatic carbocycles. The zero-order valence-electron chi connectivity index (χ0n) is 14.8.